The van der Waals surface area contributed by atoms with Gasteiger partial charge in [-0.2, -0.15) is 0 Å². The van der Waals surface area contributed by atoms with E-state index in [9.17, 15) is 0 Å². The number of nitrogens with zero attached hydrogens (tertiary/aromatic N) is 5. The lowest BCUT2D eigenvalue weighted by molar-refractivity contribution is 0.808. The summed E-state index contributed by atoms with van der Waals surface area (Å²) in [5, 5.41) is 3.73. The molecule has 0 saturated heterocycles. The van der Waals surface area contributed by atoms with Crippen molar-refractivity contribution in [2.75, 3.05) is 15.1 Å². The molecule has 2 aliphatic rings. The molecule has 0 radical (unpaired) electrons. The predicted octanol–water partition coefficient (Wildman–Crippen LogP) is 9.54. The second kappa shape index (κ2) is 10.7. The largest absolute Gasteiger partial charge is 0.346 e. The summed E-state index contributed by atoms with van der Waals surface area (Å²) >= 11 is 0. The number of anilines is 5. The third-order valence-electron chi connectivity index (χ3n) is 8.64. The summed E-state index contributed by atoms with van der Waals surface area (Å²) in [6.07, 6.45) is -0.0227. The molecule has 1 N–H and O–H groups in total. The minimum absolute atomic E-state index is 0.0227. The summed E-state index contributed by atoms with van der Waals surface area (Å²) < 4.78 is 0. The molecule has 0 aliphatic carbocycles. The van der Waals surface area contributed by atoms with Crippen LogP contribution < -0.4 is 15.1 Å². The summed E-state index contributed by atoms with van der Waals surface area (Å²) in [5.74, 6) is 1.95. The van der Waals surface area contributed by atoms with Crippen LogP contribution in [0.4, 0.5) is 28.4 Å². The molecule has 2 aliphatic heterocycles. The summed E-state index contributed by atoms with van der Waals surface area (Å²) in [7, 11) is 0. The van der Waals surface area contributed by atoms with Gasteiger partial charge in [-0.1, -0.05) is 115 Å². The van der Waals surface area contributed by atoms with Gasteiger partial charge in [-0.15, -0.1) is 0 Å². The smallest absolute Gasteiger partial charge is 0.187 e. The molecule has 1 atom stereocenters. The second-order valence-corrected chi connectivity index (χ2v) is 11.4. The highest BCUT2D eigenvalue weighted by Gasteiger charge is 2.42. The van der Waals surface area contributed by atoms with Gasteiger partial charge >= 0.3 is 0 Å². The van der Waals surface area contributed by atoms with Crippen molar-refractivity contribution in [3.05, 3.63) is 158 Å². The summed E-state index contributed by atoms with van der Waals surface area (Å²) in [4.78, 5) is 19.5. The van der Waals surface area contributed by atoms with E-state index in [4.69, 9.17) is 15.0 Å². The summed E-state index contributed by atoms with van der Waals surface area (Å²) in [5.41, 5.74) is 10.9. The first-order valence-corrected chi connectivity index (χ1v) is 15.4. The van der Waals surface area contributed by atoms with Gasteiger partial charge in [-0.3, -0.25) is 4.90 Å². The fourth-order valence-corrected chi connectivity index (χ4v) is 6.46. The van der Waals surface area contributed by atoms with Gasteiger partial charge in [0.1, 0.15) is 0 Å². The summed E-state index contributed by atoms with van der Waals surface area (Å²) in [6, 6.07) is 54.5. The van der Waals surface area contributed by atoms with Gasteiger partial charge in [0, 0.05) is 22.4 Å². The predicted molar refractivity (Wildman–Crippen MR) is 186 cm³/mol. The van der Waals surface area contributed by atoms with Crippen molar-refractivity contribution in [2.45, 2.75) is 6.29 Å². The maximum absolute atomic E-state index is 4.93. The van der Waals surface area contributed by atoms with Crippen LogP contribution in [0.5, 0.6) is 0 Å². The van der Waals surface area contributed by atoms with Gasteiger partial charge in [0.25, 0.3) is 0 Å². The molecule has 0 fully saturated rings. The first kappa shape index (κ1) is 26.2. The van der Waals surface area contributed by atoms with E-state index in [0.29, 0.717) is 17.5 Å². The lowest BCUT2D eigenvalue weighted by atomic mass is 10.0. The first-order valence-electron chi connectivity index (χ1n) is 15.4. The number of hydrogen-bond donors (Lipinski definition) is 1. The van der Waals surface area contributed by atoms with E-state index in [0.717, 1.165) is 39.2 Å². The third-order valence-corrected chi connectivity index (χ3v) is 8.64. The second-order valence-electron chi connectivity index (χ2n) is 11.4. The van der Waals surface area contributed by atoms with Gasteiger partial charge < -0.3 is 10.2 Å². The zero-order chi connectivity index (χ0) is 30.5. The average Bonchev–Trinajstić information content (AvgIpc) is 3.67. The number of benzene rings is 6. The highest BCUT2D eigenvalue weighted by Crippen LogP contribution is 2.52. The number of aromatic nitrogens is 3. The van der Waals surface area contributed by atoms with Crippen molar-refractivity contribution < 1.29 is 0 Å². The number of para-hydroxylation sites is 4. The molecule has 46 heavy (non-hydrogen) atoms. The molecule has 0 bridgehead atoms. The maximum atomic E-state index is 4.93. The van der Waals surface area contributed by atoms with E-state index < -0.39 is 0 Å². The Morgan fingerprint density at radius 3 is 1.54 bits per heavy atom. The first-order chi connectivity index (χ1) is 22.8. The van der Waals surface area contributed by atoms with Crippen molar-refractivity contribution in [2.24, 2.45) is 0 Å². The fourth-order valence-electron chi connectivity index (χ4n) is 6.46. The van der Waals surface area contributed by atoms with Crippen LogP contribution in [0.2, 0.25) is 0 Å². The molecule has 1 aromatic heterocycles. The Kier molecular flexibility index (Phi) is 6.09. The molecule has 6 nitrogen and oxygen atoms in total. The van der Waals surface area contributed by atoms with Gasteiger partial charge in [0.2, 0.25) is 0 Å². The Balaban J connectivity index is 1.07. The lowest BCUT2D eigenvalue weighted by Gasteiger charge is -2.28. The van der Waals surface area contributed by atoms with E-state index in [1.54, 1.807) is 0 Å². The Morgan fingerprint density at radius 1 is 0.391 bits per heavy atom. The maximum Gasteiger partial charge on any atom is 0.187 e. The Labute approximate surface area is 267 Å². The van der Waals surface area contributed by atoms with Gasteiger partial charge in [0.05, 0.1) is 22.7 Å². The topological polar surface area (TPSA) is 57.2 Å². The molecule has 6 aromatic carbocycles. The molecule has 0 saturated carbocycles. The van der Waals surface area contributed by atoms with Crippen LogP contribution in [0.3, 0.4) is 0 Å². The molecule has 6 heteroatoms. The van der Waals surface area contributed by atoms with Crippen molar-refractivity contribution in [3.63, 3.8) is 0 Å². The molecule has 0 amide bonds. The van der Waals surface area contributed by atoms with Crippen LogP contribution in [0.1, 0.15) is 0 Å². The Hall–Kier alpha value is -6.27. The standard InChI is InChI=1S/C40H28N6/c1-3-12-28(13-4-1)37-42-38(29-14-5-2-6-15-29)44-39(43-37)31-17-11-16-30(26-31)27-22-24-32(25-23-27)45-35-20-9-10-21-36(35)46-34-19-8-7-18-33(34)41-40(45)46/h1-26,40-41H. The van der Waals surface area contributed by atoms with Gasteiger partial charge in [-0.25, -0.2) is 15.0 Å². The van der Waals surface area contributed by atoms with Crippen LogP contribution in [-0.2, 0) is 0 Å². The van der Waals surface area contributed by atoms with Crippen LogP contribution in [0.25, 0.3) is 45.3 Å². The highest BCUT2D eigenvalue weighted by atomic mass is 15.5. The number of nitrogens with one attached hydrogen (secondary N) is 1. The normalized spacial score (nSPS) is 14.4. The van der Waals surface area contributed by atoms with Crippen LogP contribution >= 0.6 is 0 Å². The van der Waals surface area contributed by atoms with Crippen molar-refractivity contribution in [1.29, 1.82) is 0 Å². The monoisotopic (exact) mass is 592 g/mol. The number of rotatable bonds is 5. The Bertz CT molecular complexity index is 2140. The van der Waals surface area contributed by atoms with Crippen LogP contribution in [-0.4, -0.2) is 21.2 Å². The summed E-state index contributed by atoms with van der Waals surface area (Å²) in [6.45, 7) is 0. The fraction of sp³-hybridized carbons (Fsp3) is 0.0250. The van der Waals surface area contributed by atoms with Gasteiger partial charge in [-0.05, 0) is 53.6 Å². The highest BCUT2D eigenvalue weighted by molar-refractivity contribution is 5.95. The van der Waals surface area contributed by atoms with Crippen molar-refractivity contribution >= 4 is 28.4 Å². The Morgan fingerprint density at radius 2 is 0.891 bits per heavy atom. The third kappa shape index (κ3) is 4.39. The molecular weight excluding hydrogens is 564 g/mol. The molecule has 9 rings (SSSR count). The zero-order valence-electron chi connectivity index (χ0n) is 24.8. The molecular formula is C40H28N6. The van der Waals surface area contributed by atoms with E-state index in [1.807, 2.05) is 60.7 Å². The van der Waals surface area contributed by atoms with Crippen LogP contribution in [0.15, 0.2) is 158 Å². The van der Waals surface area contributed by atoms with Crippen molar-refractivity contribution in [1.82, 2.24) is 15.0 Å². The molecule has 7 aromatic rings. The minimum Gasteiger partial charge on any atom is -0.346 e. The van der Waals surface area contributed by atoms with E-state index in [1.165, 1.54) is 17.1 Å². The average molecular weight is 593 g/mol. The van der Waals surface area contributed by atoms with E-state index >= 15 is 0 Å². The SMILES string of the molecule is c1ccc(-c2nc(-c3ccccc3)nc(-c3cccc(-c4ccc(N5c6ccccc6N6c7ccccc7NC56)cc4)c3)n2)cc1. The minimum atomic E-state index is -0.0227. The lowest BCUT2D eigenvalue weighted by Crippen LogP contribution is -2.40. The van der Waals surface area contributed by atoms with E-state index in [-0.39, 0.29) is 6.29 Å². The zero-order valence-corrected chi connectivity index (χ0v) is 24.8. The molecule has 218 valence electrons. The molecule has 1 unspecified atom stereocenters. The van der Waals surface area contributed by atoms with Gasteiger partial charge in [0.15, 0.2) is 23.8 Å². The molecule has 3 heterocycles. The molecule has 0 spiro atoms. The number of fused-ring (bicyclic) bond motifs is 5. The van der Waals surface area contributed by atoms with Crippen LogP contribution in [0, 0.1) is 0 Å². The van der Waals surface area contributed by atoms with E-state index in [2.05, 4.69) is 112 Å². The van der Waals surface area contributed by atoms with Crippen molar-refractivity contribution in [3.8, 4) is 45.3 Å². The number of hydrogen-bond acceptors (Lipinski definition) is 6. The quantitative estimate of drug-likeness (QED) is 0.215.